The highest BCUT2D eigenvalue weighted by molar-refractivity contribution is 7.47. The van der Waals surface area contributed by atoms with E-state index in [-0.39, 0.29) is 31.5 Å². The third-order valence-electron chi connectivity index (χ3n) is 12.3. The van der Waals surface area contributed by atoms with Gasteiger partial charge in [0.25, 0.3) is 0 Å². The van der Waals surface area contributed by atoms with Gasteiger partial charge in [-0.25, -0.2) is 4.57 Å². The number of nitrogens with one attached hydrogen (secondary N) is 1. The molecule has 0 fully saturated rings. The van der Waals surface area contributed by atoms with Crippen LogP contribution in [0.3, 0.4) is 0 Å². The number of allylic oxidation sites excluding steroid dienone is 13. The Morgan fingerprint density at radius 1 is 0.507 bits per heavy atom. The number of nitrogens with zero attached hydrogens (tertiary/aromatic N) is 1. The summed E-state index contributed by atoms with van der Waals surface area (Å²) < 4.78 is 30.6. The third kappa shape index (κ3) is 51.9. The molecule has 0 heterocycles. The molecule has 3 atom stereocenters. The standard InChI is InChI=1S/C61H109N2O7P/c1-7-10-13-16-19-22-25-27-28-29-30-31-32-33-34-36-39-42-45-48-51-54-61(65)70-59(52-49-46-43-40-38-35-26-23-20-17-14-11-8-2)58(57-69-71(66,67)68-56-55-63(4,5)6)62-60(64)53-50-47-44-41-37-24-21-18-15-12-9-3/h10,13,18-19,21-22,27-28,30-31,33-34,49,52,58-59H,7-9,11-12,14-17,20,23-26,29,32,35-48,50-51,53-57H2,1-6H3,(H-,62,64,66,67)/p+1/b13-10-,21-18-,22-19-,28-27-,31-30-,34-33-,52-49-. The van der Waals surface area contributed by atoms with E-state index in [1.54, 1.807) is 0 Å². The maximum absolute atomic E-state index is 13.5. The van der Waals surface area contributed by atoms with Crippen LogP contribution in [0.5, 0.6) is 0 Å². The Balaban J connectivity index is 5.34. The van der Waals surface area contributed by atoms with Crippen LogP contribution in [0.15, 0.2) is 85.1 Å². The third-order valence-corrected chi connectivity index (χ3v) is 13.3. The maximum atomic E-state index is 13.5. The molecule has 9 nitrogen and oxygen atoms in total. The van der Waals surface area contributed by atoms with Crippen LogP contribution in [0.25, 0.3) is 0 Å². The lowest BCUT2D eigenvalue weighted by Crippen LogP contribution is -2.47. The van der Waals surface area contributed by atoms with Crippen molar-refractivity contribution < 1.29 is 37.3 Å². The second-order valence-electron chi connectivity index (χ2n) is 20.4. The van der Waals surface area contributed by atoms with Crippen LogP contribution in [0.2, 0.25) is 0 Å². The number of rotatable bonds is 51. The van der Waals surface area contributed by atoms with Gasteiger partial charge in [-0.2, -0.15) is 0 Å². The van der Waals surface area contributed by atoms with Gasteiger partial charge in [0.05, 0.1) is 33.8 Å². The van der Waals surface area contributed by atoms with Crippen molar-refractivity contribution in [3.63, 3.8) is 0 Å². The summed E-state index contributed by atoms with van der Waals surface area (Å²) in [6.45, 7) is 6.83. The maximum Gasteiger partial charge on any atom is 0.472 e. The lowest BCUT2D eigenvalue weighted by Gasteiger charge is -2.27. The number of ether oxygens (including phenoxy) is 1. The van der Waals surface area contributed by atoms with Gasteiger partial charge in [0.1, 0.15) is 19.3 Å². The number of esters is 1. The van der Waals surface area contributed by atoms with E-state index in [4.69, 9.17) is 13.8 Å². The molecule has 0 aromatic heterocycles. The number of unbranched alkanes of at least 4 members (excludes halogenated alkanes) is 23. The second kappa shape index (κ2) is 50.7. The minimum atomic E-state index is -4.45. The predicted molar refractivity (Wildman–Crippen MR) is 304 cm³/mol. The average Bonchev–Trinajstić information content (AvgIpc) is 3.33. The van der Waals surface area contributed by atoms with E-state index < -0.39 is 20.0 Å². The zero-order valence-electron chi connectivity index (χ0n) is 46.7. The Hall–Kier alpha value is -2.81. The number of hydrogen-bond donors (Lipinski definition) is 2. The van der Waals surface area contributed by atoms with E-state index in [2.05, 4.69) is 99.0 Å². The van der Waals surface area contributed by atoms with Crippen molar-refractivity contribution in [3.05, 3.63) is 85.1 Å². The molecule has 71 heavy (non-hydrogen) atoms. The fourth-order valence-corrected chi connectivity index (χ4v) is 8.56. The van der Waals surface area contributed by atoms with Crippen molar-refractivity contribution in [1.29, 1.82) is 0 Å². The highest BCUT2D eigenvalue weighted by Crippen LogP contribution is 2.43. The van der Waals surface area contributed by atoms with Gasteiger partial charge in [-0.3, -0.25) is 18.6 Å². The highest BCUT2D eigenvalue weighted by Gasteiger charge is 2.30. The van der Waals surface area contributed by atoms with Gasteiger partial charge >= 0.3 is 13.8 Å². The van der Waals surface area contributed by atoms with Crippen LogP contribution in [0.4, 0.5) is 0 Å². The molecule has 10 heteroatoms. The van der Waals surface area contributed by atoms with E-state index in [9.17, 15) is 19.0 Å². The lowest BCUT2D eigenvalue weighted by molar-refractivity contribution is -0.870. The topological polar surface area (TPSA) is 111 Å². The molecule has 3 unspecified atom stereocenters. The molecule has 0 aliphatic rings. The summed E-state index contributed by atoms with van der Waals surface area (Å²) in [6.07, 6.45) is 65.8. The molecule has 0 aliphatic heterocycles. The molecule has 1 amide bonds. The number of phosphoric acid groups is 1. The number of amides is 1. The van der Waals surface area contributed by atoms with Crippen LogP contribution >= 0.6 is 7.82 Å². The molecular weight excluding hydrogens is 904 g/mol. The molecule has 2 N–H and O–H groups in total. The number of carbonyl (C=O) groups excluding carboxylic acids is 2. The lowest BCUT2D eigenvalue weighted by atomic mass is 10.0. The molecule has 410 valence electrons. The first-order valence-electron chi connectivity index (χ1n) is 28.9. The Morgan fingerprint density at radius 3 is 1.41 bits per heavy atom. The molecule has 0 radical (unpaired) electrons. The van der Waals surface area contributed by atoms with E-state index in [0.717, 1.165) is 128 Å². The van der Waals surface area contributed by atoms with Crippen molar-refractivity contribution in [2.24, 2.45) is 0 Å². The van der Waals surface area contributed by atoms with Gasteiger partial charge in [0, 0.05) is 12.8 Å². The predicted octanol–water partition coefficient (Wildman–Crippen LogP) is 17.4. The van der Waals surface area contributed by atoms with E-state index >= 15 is 0 Å². The molecular formula is C61H110N2O7P+. The Morgan fingerprint density at radius 2 is 0.915 bits per heavy atom. The van der Waals surface area contributed by atoms with Crippen LogP contribution in [-0.4, -0.2) is 74.3 Å². The zero-order valence-corrected chi connectivity index (χ0v) is 47.6. The molecule has 0 rings (SSSR count). The molecule has 0 bridgehead atoms. The van der Waals surface area contributed by atoms with Crippen LogP contribution in [0.1, 0.15) is 239 Å². The summed E-state index contributed by atoms with van der Waals surface area (Å²) in [5.74, 6) is -0.542. The van der Waals surface area contributed by atoms with Gasteiger partial charge in [-0.1, -0.05) is 215 Å². The number of likely N-dealkylation sites (N-methyl/N-ethyl adjacent to an activating group) is 1. The molecule has 0 aromatic carbocycles. The van der Waals surface area contributed by atoms with Crippen LogP contribution < -0.4 is 5.32 Å². The minimum absolute atomic E-state index is 0.0319. The van der Waals surface area contributed by atoms with Crippen LogP contribution in [-0.2, 0) is 27.9 Å². The molecule has 0 aliphatic carbocycles. The van der Waals surface area contributed by atoms with Crippen LogP contribution in [0, 0.1) is 0 Å². The SMILES string of the molecule is CC/C=C\C/C=C\C/C=C\C/C=C\C/C=C\CCCCCCCC(=O)OC(/C=C\CCCCCCCCCCCCC)C(COP(=O)(O)OCC[N+](C)(C)C)NC(=O)CCCCCCC/C=C\CCCC. The highest BCUT2D eigenvalue weighted by atomic mass is 31.2. The van der Waals surface area contributed by atoms with Crippen molar-refractivity contribution in [1.82, 2.24) is 5.32 Å². The molecule has 0 saturated carbocycles. The summed E-state index contributed by atoms with van der Waals surface area (Å²) in [7, 11) is 1.47. The van der Waals surface area contributed by atoms with Gasteiger partial charge in [0.15, 0.2) is 0 Å². The van der Waals surface area contributed by atoms with Gasteiger partial charge in [0.2, 0.25) is 5.91 Å². The molecule has 0 saturated heterocycles. The van der Waals surface area contributed by atoms with E-state index in [1.807, 2.05) is 33.3 Å². The van der Waals surface area contributed by atoms with Crippen molar-refractivity contribution in [3.8, 4) is 0 Å². The largest absolute Gasteiger partial charge is 0.472 e. The number of phosphoric ester groups is 1. The summed E-state index contributed by atoms with van der Waals surface area (Å²) in [5.41, 5.74) is 0. The summed E-state index contributed by atoms with van der Waals surface area (Å²) >= 11 is 0. The normalized spacial score (nSPS) is 14.4. The Bertz CT molecular complexity index is 1490. The Labute approximate surface area is 437 Å². The quantitative estimate of drug-likeness (QED) is 0.0205. The zero-order chi connectivity index (χ0) is 52.2. The molecule has 0 spiro atoms. The van der Waals surface area contributed by atoms with E-state index in [0.29, 0.717) is 23.9 Å². The second-order valence-corrected chi connectivity index (χ2v) is 21.9. The van der Waals surface area contributed by atoms with E-state index in [1.165, 1.54) is 70.6 Å². The first kappa shape index (κ1) is 68.2. The number of quaternary nitrogens is 1. The van der Waals surface area contributed by atoms with Gasteiger partial charge in [-0.05, 0) is 96.0 Å². The smallest absolute Gasteiger partial charge is 0.456 e. The van der Waals surface area contributed by atoms with Gasteiger partial charge in [-0.15, -0.1) is 0 Å². The fourth-order valence-electron chi connectivity index (χ4n) is 7.83. The first-order valence-corrected chi connectivity index (χ1v) is 30.4. The number of hydrogen-bond acceptors (Lipinski definition) is 6. The van der Waals surface area contributed by atoms with Crippen molar-refractivity contribution in [2.75, 3.05) is 40.9 Å². The number of carbonyl (C=O) groups is 2. The monoisotopic (exact) mass is 1010 g/mol. The summed E-state index contributed by atoms with van der Waals surface area (Å²) in [4.78, 5) is 37.5. The van der Waals surface area contributed by atoms with Gasteiger partial charge < -0.3 is 19.4 Å². The first-order chi connectivity index (χ1) is 34.4. The summed E-state index contributed by atoms with van der Waals surface area (Å²) in [6, 6.07) is -0.863. The Kier molecular flexibility index (Phi) is 48.7. The van der Waals surface area contributed by atoms with Crippen molar-refractivity contribution in [2.45, 2.75) is 251 Å². The minimum Gasteiger partial charge on any atom is -0.456 e. The molecule has 0 aromatic rings. The summed E-state index contributed by atoms with van der Waals surface area (Å²) in [5, 5.41) is 3.03. The average molecular weight is 1010 g/mol. The van der Waals surface area contributed by atoms with Crippen molar-refractivity contribution >= 4 is 19.7 Å². The fraction of sp³-hybridized carbons (Fsp3) is 0.738.